The number of hydrogen-bond donors (Lipinski definition) is 2. The first kappa shape index (κ1) is 11.1. The van der Waals surface area contributed by atoms with Crippen LogP contribution in [0.25, 0.3) is 11.0 Å². The maximum atomic E-state index is 11.9. The number of nitrogens with zero attached hydrogens (tertiary/aromatic N) is 4. The lowest BCUT2D eigenvalue weighted by molar-refractivity contribution is 0.102. The van der Waals surface area contributed by atoms with Gasteiger partial charge in [0.1, 0.15) is 11.0 Å². The van der Waals surface area contributed by atoms with Gasteiger partial charge in [0.2, 0.25) is 0 Å². The highest BCUT2D eigenvalue weighted by atomic mass is 35.5. The second kappa shape index (κ2) is 4.31. The van der Waals surface area contributed by atoms with Gasteiger partial charge in [-0.05, 0) is 12.1 Å². The van der Waals surface area contributed by atoms with E-state index in [-0.39, 0.29) is 5.69 Å². The third-order valence-corrected chi connectivity index (χ3v) is 3.12. The molecule has 3 aromatic rings. The molecule has 0 unspecified atom stereocenters. The van der Waals surface area contributed by atoms with Crippen LogP contribution < -0.4 is 5.32 Å². The highest BCUT2D eigenvalue weighted by Crippen LogP contribution is 2.30. The molecule has 0 aliphatic rings. The molecule has 90 valence electrons. The Morgan fingerprint density at radius 3 is 3.06 bits per heavy atom. The van der Waals surface area contributed by atoms with Gasteiger partial charge in [0.05, 0.1) is 28.6 Å². The van der Waals surface area contributed by atoms with Gasteiger partial charge < -0.3 is 5.32 Å². The molecule has 0 saturated carbocycles. The molecule has 1 aromatic carbocycles. The molecule has 0 bridgehead atoms. The minimum atomic E-state index is -0.411. The summed E-state index contributed by atoms with van der Waals surface area (Å²) in [5.74, 6) is -0.411. The second-order valence-corrected chi connectivity index (χ2v) is 4.30. The number of halogens is 1. The van der Waals surface area contributed by atoms with Crippen molar-refractivity contribution in [1.82, 2.24) is 24.2 Å². The number of aromatic amines is 1. The molecule has 0 aliphatic carbocycles. The molecular weight excluding hydrogens is 276 g/mol. The van der Waals surface area contributed by atoms with E-state index in [1.165, 1.54) is 6.20 Å². The lowest BCUT2D eigenvalue weighted by Crippen LogP contribution is -2.13. The summed E-state index contributed by atoms with van der Waals surface area (Å²) in [4.78, 5) is 11.9. The molecule has 2 heterocycles. The van der Waals surface area contributed by atoms with Crippen LogP contribution in [0.2, 0.25) is 5.02 Å². The zero-order chi connectivity index (χ0) is 12.5. The first-order chi connectivity index (χ1) is 8.75. The van der Waals surface area contributed by atoms with Gasteiger partial charge in [0, 0.05) is 0 Å². The van der Waals surface area contributed by atoms with Crippen LogP contribution in [-0.4, -0.2) is 30.1 Å². The number of carbonyl (C=O) groups excluding carboxylic acids is 1. The average molecular weight is 281 g/mol. The van der Waals surface area contributed by atoms with E-state index in [2.05, 4.69) is 29.5 Å². The number of benzene rings is 1. The molecule has 0 aliphatic heterocycles. The van der Waals surface area contributed by atoms with Crippen molar-refractivity contribution >= 4 is 46.0 Å². The van der Waals surface area contributed by atoms with Gasteiger partial charge in [-0.3, -0.25) is 4.79 Å². The van der Waals surface area contributed by atoms with Crippen molar-refractivity contribution < 1.29 is 4.79 Å². The number of carbonyl (C=O) groups is 1. The summed E-state index contributed by atoms with van der Waals surface area (Å²) in [7, 11) is 0. The largest absolute Gasteiger partial charge is 0.317 e. The van der Waals surface area contributed by atoms with E-state index in [4.69, 9.17) is 11.6 Å². The summed E-state index contributed by atoms with van der Waals surface area (Å²) in [6, 6.07) is 3.40. The van der Waals surface area contributed by atoms with Crippen LogP contribution in [0.1, 0.15) is 10.5 Å². The number of amides is 1. The van der Waals surface area contributed by atoms with Crippen LogP contribution in [0.4, 0.5) is 5.69 Å². The minimum Gasteiger partial charge on any atom is -0.317 e. The molecule has 9 heteroatoms. The van der Waals surface area contributed by atoms with E-state index in [0.717, 1.165) is 11.7 Å². The number of anilines is 1. The number of H-pyrrole nitrogens is 1. The Labute approximate surface area is 109 Å². The van der Waals surface area contributed by atoms with Crippen molar-refractivity contribution in [2.75, 3.05) is 5.32 Å². The Morgan fingerprint density at radius 2 is 2.28 bits per heavy atom. The Hall–Kier alpha value is -2.06. The Kier molecular flexibility index (Phi) is 2.65. The van der Waals surface area contributed by atoms with Gasteiger partial charge >= 0.3 is 0 Å². The summed E-state index contributed by atoms with van der Waals surface area (Å²) < 4.78 is 8.18. The molecule has 7 nitrogen and oxygen atoms in total. The van der Waals surface area contributed by atoms with Gasteiger partial charge in [-0.25, -0.2) is 0 Å². The summed E-state index contributed by atoms with van der Waals surface area (Å²) in [6.07, 6.45) is 1.32. The molecule has 1 amide bonds. The van der Waals surface area contributed by atoms with Crippen LogP contribution >= 0.6 is 23.3 Å². The van der Waals surface area contributed by atoms with Gasteiger partial charge in [-0.15, -0.1) is 0 Å². The quantitative estimate of drug-likeness (QED) is 0.745. The Bertz CT molecular complexity index is 709. The third-order valence-electron chi connectivity index (χ3n) is 2.26. The maximum Gasteiger partial charge on any atom is 0.277 e. The van der Waals surface area contributed by atoms with E-state index in [1.807, 2.05) is 0 Å². The number of rotatable bonds is 2. The molecule has 0 spiro atoms. The average Bonchev–Trinajstić information content (AvgIpc) is 3.02. The number of fused-ring (bicyclic) bond motifs is 1. The molecular formula is C9H5ClN6OS. The van der Waals surface area contributed by atoms with Crippen LogP contribution in [0, 0.1) is 0 Å². The van der Waals surface area contributed by atoms with Crippen molar-refractivity contribution in [2.45, 2.75) is 0 Å². The lowest BCUT2D eigenvalue weighted by atomic mass is 10.2. The Morgan fingerprint density at radius 1 is 1.39 bits per heavy atom. The van der Waals surface area contributed by atoms with Gasteiger partial charge in [-0.1, -0.05) is 11.6 Å². The molecule has 0 saturated heterocycles. The summed E-state index contributed by atoms with van der Waals surface area (Å²) in [5.41, 5.74) is 1.84. The lowest BCUT2D eigenvalue weighted by Gasteiger charge is -2.05. The predicted molar refractivity (Wildman–Crippen MR) is 66.8 cm³/mol. The van der Waals surface area contributed by atoms with E-state index in [0.29, 0.717) is 21.7 Å². The highest BCUT2D eigenvalue weighted by molar-refractivity contribution is 7.00. The third kappa shape index (κ3) is 1.81. The van der Waals surface area contributed by atoms with Crippen LogP contribution in [0.15, 0.2) is 18.3 Å². The second-order valence-electron chi connectivity index (χ2n) is 3.36. The van der Waals surface area contributed by atoms with E-state index < -0.39 is 5.91 Å². The van der Waals surface area contributed by atoms with E-state index >= 15 is 0 Å². The monoisotopic (exact) mass is 280 g/mol. The fourth-order valence-corrected chi connectivity index (χ4v) is 2.18. The van der Waals surface area contributed by atoms with Gasteiger partial charge in [-0.2, -0.15) is 24.2 Å². The fourth-order valence-electron chi connectivity index (χ4n) is 1.43. The number of hydrogen-bond acceptors (Lipinski definition) is 6. The summed E-state index contributed by atoms with van der Waals surface area (Å²) in [5, 5.41) is 12.7. The topological polar surface area (TPSA) is 96.5 Å². The molecule has 0 atom stereocenters. The van der Waals surface area contributed by atoms with E-state index in [9.17, 15) is 4.79 Å². The Balaban J connectivity index is 2.02. The molecule has 0 radical (unpaired) electrons. The normalized spacial score (nSPS) is 10.7. The zero-order valence-electron chi connectivity index (χ0n) is 8.72. The molecule has 18 heavy (non-hydrogen) atoms. The van der Waals surface area contributed by atoms with Crippen molar-refractivity contribution in [1.29, 1.82) is 0 Å². The number of nitrogens with one attached hydrogen (secondary N) is 2. The predicted octanol–water partition coefficient (Wildman–Crippen LogP) is 1.72. The SMILES string of the molecule is O=C(Nc1c(Cl)ccc2nsnc12)c1cn[nH]n1. The van der Waals surface area contributed by atoms with Gasteiger partial charge in [0.25, 0.3) is 5.91 Å². The van der Waals surface area contributed by atoms with Crippen LogP contribution in [0.5, 0.6) is 0 Å². The number of aromatic nitrogens is 5. The first-order valence-corrected chi connectivity index (χ1v) is 5.94. The van der Waals surface area contributed by atoms with E-state index in [1.54, 1.807) is 12.1 Å². The maximum absolute atomic E-state index is 11.9. The molecule has 2 N–H and O–H groups in total. The highest BCUT2D eigenvalue weighted by Gasteiger charge is 2.15. The van der Waals surface area contributed by atoms with Crippen molar-refractivity contribution in [3.8, 4) is 0 Å². The van der Waals surface area contributed by atoms with Crippen LogP contribution in [0.3, 0.4) is 0 Å². The first-order valence-electron chi connectivity index (χ1n) is 4.83. The summed E-state index contributed by atoms with van der Waals surface area (Å²) in [6.45, 7) is 0. The van der Waals surface area contributed by atoms with Gasteiger partial charge in [0.15, 0.2) is 5.69 Å². The van der Waals surface area contributed by atoms with Crippen molar-refractivity contribution in [3.05, 3.63) is 29.0 Å². The van der Waals surface area contributed by atoms with Crippen molar-refractivity contribution in [2.24, 2.45) is 0 Å². The van der Waals surface area contributed by atoms with Crippen molar-refractivity contribution in [3.63, 3.8) is 0 Å². The smallest absolute Gasteiger partial charge is 0.277 e. The fraction of sp³-hybridized carbons (Fsp3) is 0. The standard InChI is InChI=1S/C9H5ClN6OS/c10-4-1-2-5-8(15-18-14-5)7(4)12-9(17)6-3-11-16-13-6/h1-3H,(H,12,17)(H,11,13,16). The molecule has 3 rings (SSSR count). The molecule has 0 fully saturated rings. The molecule has 2 aromatic heterocycles. The minimum absolute atomic E-state index is 0.172. The zero-order valence-corrected chi connectivity index (χ0v) is 10.3. The van der Waals surface area contributed by atoms with Crippen LogP contribution in [-0.2, 0) is 0 Å². The summed E-state index contributed by atoms with van der Waals surface area (Å²) >= 11 is 7.10.